The molecule has 0 radical (unpaired) electrons. The van der Waals surface area contributed by atoms with Gasteiger partial charge >= 0.3 is 0 Å². The van der Waals surface area contributed by atoms with E-state index in [0.29, 0.717) is 47.9 Å². The number of ether oxygens (including phenoxy) is 4. The van der Waals surface area contributed by atoms with Crippen LogP contribution in [0.3, 0.4) is 0 Å². The first-order chi connectivity index (χ1) is 21.4. The number of aliphatic hydroxyl groups is 1. The molecule has 4 bridgehead atoms. The minimum absolute atomic E-state index is 0.120. The Hall–Kier alpha value is -4.84. The number of carbonyl (C=O) groups is 3. The monoisotopic (exact) mass is 604 g/mol. The number of piperidine rings is 1. The number of pyridine rings is 1. The number of rotatable bonds is 4. The number of nitrogens with one attached hydrogen (secondary N) is 2. The molecule has 44 heavy (non-hydrogen) atoms. The Morgan fingerprint density at radius 1 is 1.05 bits per heavy atom. The molecule has 6 rings (SSSR count). The van der Waals surface area contributed by atoms with Crippen molar-refractivity contribution in [2.24, 2.45) is 0 Å². The fourth-order valence-corrected chi connectivity index (χ4v) is 5.29. The van der Waals surface area contributed by atoms with Crippen molar-refractivity contribution in [1.29, 1.82) is 0 Å². The molecule has 3 aliphatic rings. The summed E-state index contributed by atoms with van der Waals surface area (Å²) >= 11 is 0. The number of aryl methyl sites for hydroxylation is 1. The molecule has 0 spiro atoms. The zero-order chi connectivity index (χ0) is 31.1. The van der Waals surface area contributed by atoms with Gasteiger partial charge in [-0.3, -0.25) is 19.4 Å². The summed E-state index contributed by atoms with van der Waals surface area (Å²) in [6.45, 7) is 0.298. The lowest BCUT2D eigenvalue weighted by molar-refractivity contribution is -0.125. The van der Waals surface area contributed by atoms with Crippen molar-refractivity contribution in [3.8, 4) is 23.0 Å². The summed E-state index contributed by atoms with van der Waals surface area (Å²) in [6, 6.07) is 13.3. The Morgan fingerprint density at radius 2 is 1.89 bits per heavy atom. The lowest BCUT2D eigenvalue weighted by Crippen LogP contribution is -2.58. The molecule has 1 fully saturated rings. The number of carbonyl (C=O) groups excluding carboxylic acids is 3. The van der Waals surface area contributed by atoms with Crippen LogP contribution in [-0.2, 0) is 29.2 Å². The van der Waals surface area contributed by atoms with Crippen LogP contribution < -0.4 is 29.6 Å². The van der Waals surface area contributed by atoms with Crippen molar-refractivity contribution in [2.45, 2.75) is 44.6 Å². The molecule has 1 aromatic heterocycles. The Labute approximate surface area is 255 Å². The van der Waals surface area contributed by atoms with Gasteiger partial charge in [0.15, 0.2) is 18.1 Å². The second-order valence-corrected chi connectivity index (χ2v) is 10.6. The topological polar surface area (TPSA) is 149 Å². The van der Waals surface area contributed by atoms with Crippen molar-refractivity contribution in [3.63, 3.8) is 0 Å². The van der Waals surface area contributed by atoms with E-state index in [9.17, 15) is 19.5 Å². The van der Waals surface area contributed by atoms with E-state index in [1.807, 2.05) is 12.1 Å². The Balaban J connectivity index is 1.42. The molecule has 3 N–H and O–H groups in total. The Morgan fingerprint density at radius 3 is 2.68 bits per heavy atom. The maximum Gasteiger partial charge on any atom is 0.272 e. The zero-order valence-corrected chi connectivity index (χ0v) is 24.7. The number of hydrogen-bond acceptors (Lipinski definition) is 9. The number of amides is 3. The van der Waals surface area contributed by atoms with Crippen molar-refractivity contribution >= 4 is 17.7 Å². The van der Waals surface area contributed by atoms with Crippen LogP contribution in [0.15, 0.2) is 54.7 Å². The highest BCUT2D eigenvalue weighted by atomic mass is 16.5. The highest BCUT2D eigenvalue weighted by Gasteiger charge is 2.35. The molecule has 3 amide bonds. The van der Waals surface area contributed by atoms with Gasteiger partial charge in [0.25, 0.3) is 11.8 Å². The first-order valence-corrected chi connectivity index (χ1v) is 14.4. The number of likely N-dealkylation sites (tertiary alicyclic amines) is 1. The number of nitrogens with zero attached hydrogens (tertiary/aromatic N) is 2. The largest absolute Gasteiger partial charge is 0.496 e. The van der Waals surface area contributed by atoms with Crippen LogP contribution in [-0.4, -0.2) is 78.8 Å². The lowest BCUT2D eigenvalue weighted by Gasteiger charge is -2.38. The van der Waals surface area contributed by atoms with E-state index >= 15 is 0 Å². The summed E-state index contributed by atoms with van der Waals surface area (Å²) in [5.74, 6) is 1.07. The van der Waals surface area contributed by atoms with Crippen molar-refractivity contribution < 1.29 is 38.4 Å². The van der Waals surface area contributed by atoms with E-state index in [1.165, 1.54) is 13.3 Å². The number of methoxy groups -OCH3 is 2. The molecule has 4 heterocycles. The maximum atomic E-state index is 13.4. The van der Waals surface area contributed by atoms with E-state index in [4.69, 9.17) is 18.9 Å². The first kappa shape index (κ1) is 30.6. The van der Waals surface area contributed by atoms with Gasteiger partial charge in [-0.1, -0.05) is 6.07 Å². The van der Waals surface area contributed by atoms with Crippen LogP contribution in [0.5, 0.6) is 23.0 Å². The number of aliphatic hydroxyl groups excluding tert-OH is 1. The van der Waals surface area contributed by atoms with Crippen molar-refractivity contribution in [2.75, 3.05) is 33.9 Å². The van der Waals surface area contributed by atoms with E-state index in [0.717, 1.165) is 11.1 Å². The van der Waals surface area contributed by atoms with Gasteiger partial charge in [0.05, 0.1) is 26.9 Å². The third-order valence-corrected chi connectivity index (χ3v) is 7.66. The molecular weight excluding hydrogens is 568 g/mol. The van der Waals surface area contributed by atoms with E-state index < -0.39 is 18.1 Å². The van der Waals surface area contributed by atoms with Crippen LogP contribution in [0.4, 0.5) is 0 Å². The summed E-state index contributed by atoms with van der Waals surface area (Å²) in [4.78, 5) is 45.0. The van der Waals surface area contributed by atoms with Gasteiger partial charge < -0.3 is 39.6 Å². The zero-order valence-electron chi connectivity index (χ0n) is 24.7. The molecule has 1 saturated heterocycles. The minimum Gasteiger partial charge on any atom is -0.496 e. The first-order valence-electron chi connectivity index (χ1n) is 14.4. The quantitative estimate of drug-likeness (QED) is 0.407. The number of aromatic nitrogens is 1. The molecule has 12 nitrogen and oxygen atoms in total. The highest BCUT2D eigenvalue weighted by molar-refractivity contribution is 5.92. The SMILES string of the molecule is COc1cc2ccc1CNC(=O)CCc1ccc(OC)c(c1)OCC(=O)N[C@@H]1CN(C(=O)c3cc(CO)ccn3)CC[C@@H]1O2. The normalized spacial score (nSPS) is 19.1. The average molecular weight is 605 g/mol. The average Bonchev–Trinajstić information content (AvgIpc) is 3.05. The fourth-order valence-electron chi connectivity index (χ4n) is 5.29. The fraction of sp³-hybridized carbons (Fsp3) is 0.375. The standard InChI is InChI=1S/C32H36N4O8/c1-41-27-7-3-20-4-8-30(38)34-16-22-5-6-23(15-28(22)42-2)44-26-10-12-36(32(40)24-13-21(18-37)9-11-33-24)17-25(26)35-31(39)19-43-29(27)14-20/h3,5-7,9,11,13-15,25-26,37H,4,8,10,12,16-19H2,1-2H3,(H,34,38)(H,35,39)/t25-,26+/m1/s1. The lowest BCUT2D eigenvalue weighted by atomic mass is 10.0. The van der Waals surface area contributed by atoms with Gasteiger partial charge in [0, 0.05) is 50.3 Å². The van der Waals surface area contributed by atoms with Gasteiger partial charge in [-0.25, -0.2) is 0 Å². The molecule has 3 aliphatic heterocycles. The van der Waals surface area contributed by atoms with Gasteiger partial charge in [-0.2, -0.15) is 0 Å². The molecular formula is C32H36N4O8. The summed E-state index contributed by atoms with van der Waals surface area (Å²) < 4.78 is 23.2. The van der Waals surface area contributed by atoms with E-state index in [-0.39, 0.29) is 50.2 Å². The van der Waals surface area contributed by atoms with Crippen molar-refractivity contribution in [3.05, 3.63) is 77.1 Å². The summed E-state index contributed by atoms with van der Waals surface area (Å²) in [5.41, 5.74) is 2.43. The molecule has 2 aromatic carbocycles. The summed E-state index contributed by atoms with van der Waals surface area (Å²) in [5, 5.41) is 15.4. The van der Waals surface area contributed by atoms with Gasteiger partial charge in [0.2, 0.25) is 5.91 Å². The summed E-state index contributed by atoms with van der Waals surface area (Å²) in [6.07, 6.45) is 2.15. The van der Waals surface area contributed by atoms with Crippen LogP contribution in [0.2, 0.25) is 0 Å². The number of fused-ring (bicyclic) bond motifs is 9. The number of benzene rings is 2. The Kier molecular flexibility index (Phi) is 9.80. The maximum absolute atomic E-state index is 13.4. The Bertz CT molecular complexity index is 1510. The number of hydrogen-bond donors (Lipinski definition) is 3. The highest BCUT2D eigenvalue weighted by Crippen LogP contribution is 2.30. The van der Waals surface area contributed by atoms with Crippen molar-refractivity contribution in [1.82, 2.24) is 20.5 Å². The van der Waals surface area contributed by atoms with Crippen LogP contribution >= 0.6 is 0 Å². The van der Waals surface area contributed by atoms with Crippen LogP contribution in [0, 0.1) is 0 Å². The smallest absolute Gasteiger partial charge is 0.272 e. The van der Waals surface area contributed by atoms with Gasteiger partial charge in [-0.15, -0.1) is 0 Å². The van der Waals surface area contributed by atoms with Crippen LogP contribution in [0.25, 0.3) is 0 Å². The van der Waals surface area contributed by atoms with Crippen LogP contribution in [0.1, 0.15) is 40.0 Å². The summed E-state index contributed by atoms with van der Waals surface area (Å²) in [7, 11) is 3.06. The van der Waals surface area contributed by atoms with E-state index in [2.05, 4.69) is 15.6 Å². The second kappa shape index (κ2) is 14.1. The molecule has 0 saturated carbocycles. The minimum atomic E-state index is -0.579. The molecule has 3 aromatic rings. The molecule has 12 heteroatoms. The third kappa shape index (κ3) is 7.38. The van der Waals surface area contributed by atoms with Gasteiger partial charge in [-0.05, 0) is 53.9 Å². The molecule has 2 atom stereocenters. The molecule has 0 aliphatic carbocycles. The van der Waals surface area contributed by atoms with Gasteiger partial charge in [0.1, 0.15) is 23.3 Å². The molecule has 0 unspecified atom stereocenters. The molecule has 232 valence electrons. The second-order valence-electron chi connectivity index (χ2n) is 10.6. The predicted octanol–water partition coefficient (Wildman–Crippen LogP) is 2.01. The third-order valence-electron chi connectivity index (χ3n) is 7.66. The predicted molar refractivity (Wildman–Crippen MR) is 159 cm³/mol. The van der Waals surface area contributed by atoms with E-state index in [1.54, 1.807) is 48.4 Å².